The fourth-order valence-electron chi connectivity index (χ4n) is 3.49. The Hall–Kier alpha value is -3.41. The normalized spacial score (nSPS) is 13.6. The van der Waals surface area contributed by atoms with Gasteiger partial charge in [-0.15, -0.1) is 0 Å². The second kappa shape index (κ2) is 7.07. The van der Waals surface area contributed by atoms with Crippen LogP contribution >= 0.6 is 0 Å². The maximum atomic E-state index is 12.9. The number of para-hydroxylation sites is 1. The number of amides is 1. The van der Waals surface area contributed by atoms with Crippen LogP contribution in [0.15, 0.2) is 47.6 Å². The number of rotatable bonds is 3. The number of nitrogens with one attached hydrogen (secondary N) is 1. The Labute approximate surface area is 156 Å². The summed E-state index contributed by atoms with van der Waals surface area (Å²) in [5.41, 5.74) is 6.39. The SMILES string of the molecule is O=C(N/N=C/c1ccc(O)cc1O)c1c2c(nc3ccccc13)CCCC2. The van der Waals surface area contributed by atoms with Crippen molar-refractivity contribution in [3.63, 3.8) is 0 Å². The predicted octanol–water partition coefficient (Wildman–Crippen LogP) is 3.29. The summed E-state index contributed by atoms with van der Waals surface area (Å²) in [5, 5.41) is 23.9. The van der Waals surface area contributed by atoms with E-state index in [-0.39, 0.29) is 17.4 Å². The zero-order chi connectivity index (χ0) is 18.8. The molecular formula is C21H19N3O3. The van der Waals surface area contributed by atoms with E-state index in [9.17, 15) is 15.0 Å². The van der Waals surface area contributed by atoms with E-state index in [0.29, 0.717) is 11.1 Å². The number of phenols is 2. The summed E-state index contributed by atoms with van der Waals surface area (Å²) in [6, 6.07) is 11.8. The highest BCUT2D eigenvalue weighted by molar-refractivity contribution is 6.08. The molecule has 0 unspecified atom stereocenters. The van der Waals surface area contributed by atoms with E-state index < -0.39 is 0 Å². The van der Waals surface area contributed by atoms with Crippen LogP contribution in [0.25, 0.3) is 10.9 Å². The van der Waals surface area contributed by atoms with E-state index in [2.05, 4.69) is 10.5 Å². The second-order valence-electron chi connectivity index (χ2n) is 6.58. The minimum Gasteiger partial charge on any atom is -0.508 e. The van der Waals surface area contributed by atoms with Gasteiger partial charge in [-0.05, 0) is 49.4 Å². The number of hydrogen-bond donors (Lipinski definition) is 3. The van der Waals surface area contributed by atoms with E-state index in [1.54, 1.807) is 0 Å². The van der Waals surface area contributed by atoms with E-state index in [0.717, 1.165) is 47.8 Å². The summed E-state index contributed by atoms with van der Waals surface area (Å²) in [5.74, 6) is -0.440. The van der Waals surface area contributed by atoms with Crippen molar-refractivity contribution in [2.24, 2.45) is 5.10 Å². The van der Waals surface area contributed by atoms with Gasteiger partial charge in [0.2, 0.25) is 0 Å². The molecule has 0 bridgehead atoms. The van der Waals surface area contributed by atoms with E-state index in [1.807, 2.05) is 24.3 Å². The topological polar surface area (TPSA) is 94.8 Å². The van der Waals surface area contributed by atoms with Gasteiger partial charge in [0, 0.05) is 22.7 Å². The van der Waals surface area contributed by atoms with Crippen molar-refractivity contribution in [2.45, 2.75) is 25.7 Å². The van der Waals surface area contributed by atoms with Crippen molar-refractivity contribution < 1.29 is 15.0 Å². The number of benzene rings is 2. The zero-order valence-electron chi connectivity index (χ0n) is 14.6. The first-order valence-electron chi connectivity index (χ1n) is 8.89. The molecule has 0 radical (unpaired) electrons. The molecule has 3 N–H and O–H groups in total. The quantitative estimate of drug-likeness (QED) is 0.493. The van der Waals surface area contributed by atoms with Gasteiger partial charge in [-0.2, -0.15) is 5.10 Å². The summed E-state index contributed by atoms with van der Waals surface area (Å²) in [4.78, 5) is 17.6. The van der Waals surface area contributed by atoms with Gasteiger partial charge >= 0.3 is 0 Å². The van der Waals surface area contributed by atoms with E-state index in [1.165, 1.54) is 24.4 Å². The Morgan fingerprint density at radius 2 is 1.93 bits per heavy atom. The van der Waals surface area contributed by atoms with Gasteiger partial charge in [0.05, 0.1) is 17.3 Å². The summed E-state index contributed by atoms with van der Waals surface area (Å²) in [6.45, 7) is 0. The molecule has 6 heteroatoms. The predicted molar refractivity (Wildman–Crippen MR) is 103 cm³/mol. The Bertz CT molecular complexity index is 1060. The molecule has 0 aliphatic heterocycles. The standard InChI is InChI=1S/C21H19N3O3/c25-14-10-9-13(19(26)11-14)12-22-24-21(27)20-15-5-1-3-7-17(15)23-18-8-4-2-6-16(18)20/h1,3,5,7,9-12,25-26H,2,4,6,8H2,(H,24,27)/b22-12+. The zero-order valence-corrected chi connectivity index (χ0v) is 14.6. The van der Waals surface area contributed by atoms with Crippen LogP contribution < -0.4 is 5.43 Å². The monoisotopic (exact) mass is 361 g/mol. The first-order chi connectivity index (χ1) is 13.1. The minimum atomic E-state index is -0.290. The fourth-order valence-corrected chi connectivity index (χ4v) is 3.49. The number of aromatic hydroxyl groups is 2. The van der Waals surface area contributed by atoms with Crippen LogP contribution in [-0.2, 0) is 12.8 Å². The number of nitrogens with zero attached hydrogens (tertiary/aromatic N) is 2. The molecule has 1 heterocycles. The maximum Gasteiger partial charge on any atom is 0.272 e. The molecule has 0 spiro atoms. The molecule has 0 fully saturated rings. The number of carbonyl (C=O) groups excluding carboxylic acids is 1. The van der Waals surface area contributed by atoms with E-state index >= 15 is 0 Å². The molecule has 1 aromatic heterocycles. The number of aryl methyl sites for hydroxylation is 1. The molecule has 1 aliphatic rings. The molecule has 0 saturated heterocycles. The number of hydrazone groups is 1. The Morgan fingerprint density at radius 3 is 2.78 bits per heavy atom. The molecule has 1 amide bonds. The van der Waals surface area contributed by atoms with Crippen molar-refractivity contribution in [3.8, 4) is 11.5 Å². The molecule has 1 aliphatic carbocycles. The highest BCUT2D eigenvalue weighted by Crippen LogP contribution is 2.29. The van der Waals surface area contributed by atoms with Gasteiger partial charge in [-0.25, -0.2) is 5.43 Å². The van der Waals surface area contributed by atoms with Crippen LogP contribution in [0.4, 0.5) is 0 Å². The van der Waals surface area contributed by atoms with Gasteiger partial charge in [0.15, 0.2) is 0 Å². The Morgan fingerprint density at radius 1 is 1.11 bits per heavy atom. The van der Waals surface area contributed by atoms with Gasteiger partial charge in [-0.1, -0.05) is 18.2 Å². The third kappa shape index (κ3) is 3.33. The second-order valence-corrected chi connectivity index (χ2v) is 6.58. The molecule has 27 heavy (non-hydrogen) atoms. The lowest BCUT2D eigenvalue weighted by Gasteiger charge is -2.19. The van der Waals surface area contributed by atoms with Crippen LogP contribution in [0.5, 0.6) is 11.5 Å². The summed E-state index contributed by atoms with van der Waals surface area (Å²) >= 11 is 0. The molecule has 6 nitrogen and oxygen atoms in total. The lowest BCUT2D eigenvalue weighted by molar-refractivity contribution is 0.0955. The highest BCUT2D eigenvalue weighted by Gasteiger charge is 2.22. The van der Waals surface area contributed by atoms with Crippen LogP contribution in [0.2, 0.25) is 0 Å². The van der Waals surface area contributed by atoms with Crippen molar-refractivity contribution in [2.75, 3.05) is 0 Å². The van der Waals surface area contributed by atoms with Crippen LogP contribution in [0.1, 0.15) is 40.0 Å². The average molecular weight is 361 g/mol. The van der Waals surface area contributed by atoms with Gasteiger partial charge in [0.1, 0.15) is 11.5 Å². The lowest BCUT2D eigenvalue weighted by Crippen LogP contribution is -2.22. The first-order valence-corrected chi connectivity index (χ1v) is 8.89. The third-order valence-corrected chi connectivity index (χ3v) is 4.78. The van der Waals surface area contributed by atoms with Crippen LogP contribution in [0, 0.1) is 0 Å². The molecule has 0 atom stereocenters. The summed E-state index contributed by atoms with van der Waals surface area (Å²) in [7, 11) is 0. The van der Waals surface area contributed by atoms with Crippen LogP contribution in [-0.4, -0.2) is 27.3 Å². The lowest BCUT2D eigenvalue weighted by atomic mass is 9.89. The number of carbonyl (C=O) groups is 1. The highest BCUT2D eigenvalue weighted by atomic mass is 16.3. The average Bonchev–Trinajstić information content (AvgIpc) is 2.67. The van der Waals surface area contributed by atoms with Crippen LogP contribution in [0.3, 0.4) is 0 Å². The van der Waals surface area contributed by atoms with E-state index in [4.69, 9.17) is 4.98 Å². The number of aromatic nitrogens is 1. The molecule has 4 rings (SSSR count). The fraction of sp³-hybridized carbons (Fsp3) is 0.190. The number of pyridine rings is 1. The summed E-state index contributed by atoms with van der Waals surface area (Å²) < 4.78 is 0. The first kappa shape index (κ1) is 17.0. The van der Waals surface area contributed by atoms with Crippen molar-refractivity contribution in [1.82, 2.24) is 10.4 Å². The number of fused-ring (bicyclic) bond motifs is 2. The Kier molecular flexibility index (Phi) is 4.46. The molecular weight excluding hydrogens is 342 g/mol. The molecule has 2 aromatic carbocycles. The van der Waals surface area contributed by atoms with Gasteiger partial charge in [-0.3, -0.25) is 9.78 Å². The smallest absolute Gasteiger partial charge is 0.272 e. The molecule has 0 saturated carbocycles. The molecule has 3 aromatic rings. The maximum absolute atomic E-state index is 12.9. The summed E-state index contributed by atoms with van der Waals surface area (Å²) in [6.07, 6.45) is 5.18. The number of hydrogen-bond acceptors (Lipinski definition) is 5. The largest absolute Gasteiger partial charge is 0.508 e. The number of phenolic OH excluding ortho intramolecular Hbond substituents is 2. The molecule has 136 valence electrons. The minimum absolute atomic E-state index is 0.0384. The van der Waals surface area contributed by atoms with Crippen molar-refractivity contribution in [1.29, 1.82) is 0 Å². The van der Waals surface area contributed by atoms with Gasteiger partial charge in [0.25, 0.3) is 5.91 Å². The third-order valence-electron chi connectivity index (χ3n) is 4.78. The van der Waals surface area contributed by atoms with Gasteiger partial charge < -0.3 is 10.2 Å². The Balaban J connectivity index is 1.67. The van der Waals surface area contributed by atoms with Crippen molar-refractivity contribution >= 4 is 23.0 Å². The van der Waals surface area contributed by atoms with Crippen molar-refractivity contribution in [3.05, 3.63) is 64.8 Å².